The molecule has 3 rings (SSSR count). The Kier molecular flexibility index (Phi) is 6.64. The molecular formula is C21H26N4O3S. The van der Waals surface area contributed by atoms with E-state index in [1.54, 1.807) is 30.4 Å². The molecule has 8 heteroatoms. The molecule has 0 saturated carbocycles. The maximum absolute atomic E-state index is 12.7. The zero-order chi connectivity index (χ0) is 20.9. The SMILES string of the molecule is CSc1ccccc1OCc1cc(C(=O)N[C@H](Cn2ccnc2)C(C)(C)C)no1. The number of ether oxygens (including phenoxy) is 1. The fourth-order valence-corrected chi connectivity index (χ4v) is 3.29. The third-order valence-electron chi connectivity index (χ3n) is 4.53. The van der Waals surface area contributed by atoms with Gasteiger partial charge >= 0.3 is 0 Å². The van der Waals surface area contributed by atoms with Crippen molar-refractivity contribution in [2.45, 2.75) is 44.9 Å². The predicted molar refractivity (Wildman–Crippen MR) is 112 cm³/mol. The molecule has 29 heavy (non-hydrogen) atoms. The summed E-state index contributed by atoms with van der Waals surface area (Å²) in [5.74, 6) is 0.994. The van der Waals surface area contributed by atoms with Crippen LogP contribution in [0.5, 0.6) is 5.75 Å². The number of amides is 1. The average molecular weight is 415 g/mol. The van der Waals surface area contributed by atoms with Crippen LogP contribution in [0.2, 0.25) is 0 Å². The molecule has 0 fully saturated rings. The van der Waals surface area contributed by atoms with Crippen LogP contribution in [0.1, 0.15) is 37.0 Å². The fourth-order valence-electron chi connectivity index (χ4n) is 2.75. The number of imidazole rings is 1. The van der Waals surface area contributed by atoms with Gasteiger partial charge < -0.3 is 19.1 Å². The number of carbonyl (C=O) groups is 1. The predicted octanol–water partition coefficient (Wildman–Crippen LogP) is 4.02. The highest BCUT2D eigenvalue weighted by molar-refractivity contribution is 7.98. The lowest BCUT2D eigenvalue weighted by molar-refractivity contribution is 0.0883. The Hall–Kier alpha value is -2.74. The van der Waals surface area contributed by atoms with E-state index in [9.17, 15) is 4.79 Å². The Morgan fingerprint density at radius 3 is 2.83 bits per heavy atom. The summed E-state index contributed by atoms with van der Waals surface area (Å²) < 4.78 is 13.1. The molecule has 0 spiro atoms. The average Bonchev–Trinajstić information content (AvgIpc) is 3.37. The van der Waals surface area contributed by atoms with Gasteiger partial charge in [0.25, 0.3) is 5.91 Å². The van der Waals surface area contributed by atoms with Gasteiger partial charge in [0.05, 0.1) is 12.4 Å². The number of aromatic nitrogens is 3. The van der Waals surface area contributed by atoms with E-state index in [4.69, 9.17) is 9.26 Å². The number of para-hydroxylation sites is 1. The first-order chi connectivity index (χ1) is 13.9. The molecule has 0 aliphatic heterocycles. The third-order valence-corrected chi connectivity index (χ3v) is 5.31. The van der Waals surface area contributed by atoms with Crippen molar-refractivity contribution in [3.05, 3.63) is 60.5 Å². The number of rotatable bonds is 8. The van der Waals surface area contributed by atoms with E-state index in [0.717, 1.165) is 10.6 Å². The van der Waals surface area contributed by atoms with Crippen molar-refractivity contribution in [1.29, 1.82) is 0 Å². The molecule has 1 atom stereocenters. The largest absolute Gasteiger partial charge is 0.484 e. The third kappa shape index (κ3) is 5.63. The van der Waals surface area contributed by atoms with Gasteiger partial charge in [0.1, 0.15) is 12.4 Å². The molecule has 1 amide bonds. The molecule has 2 aromatic heterocycles. The molecular weight excluding hydrogens is 388 g/mol. The number of benzene rings is 1. The first-order valence-electron chi connectivity index (χ1n) is 9.35. The van der Waals surface area contributed by atoms with Crippen molar-refractivity contribution in [2.24, 2.45) is 5.41 Å². The molecule has 0 radical (unpaired) electrons. The number of nitrogens with zero attached hydrogens (tertiary/aromatic N) is 3. The summed E-state index contributed by atoms with van der Waals surface area (Å²) >= 11 is 1.61. The summed E-state index contributed by atoms with van der Waals surface area (Å²) in [7, 11) is 0. The topological polar surface area (TPSA) is 82.2 Å². The van der Waals surface area contributed by atoms with Crippen molar-refractivity contribution in [3.63, 3.8) is 0 Å². The molecule has 1 aromatic carbocycles. The number of carbonyl (C=O) groups excluding carboxylic acids is 1. The maximum atomic E-state index is 12.7. The molecule has 0 aliphatic carbocycles. The molecule has 0 saturated heterocycles. The highest BCUT2D eigenvalue weighted by atomic mass is 32.2. The van der Waals surface area contributed by atoms with Crippen molar-refractivity contribution in [1.82, 2.24) is 20.0 Å². The Balaban J connectivity index is 1.63. The van der Waals surface area contributed by atoms with E-state index in [0.29, 0.717) is 12.3 Å². The minimum absolute atomic E-state index is 0.103. The zero-order valence-electron chi connectivity index (χ0n) is 17.1. The molecule has 154 valence electrons. The Labute approximate surface area is 174 Å². The van der Waals surface area contributed by atoms with Gasteiger partial charge in [-0.05, 0) is 23.8 Å². The van der Waals surface area contributed by atoms with Gasteiger partial charge in [-0.1, -0.05) is 38.1 Å². The Morgan fingerprint density at radius 1 is 1.34 bits per heavy atom. The molecule has 2 heterocycles. The summed E-state index contributed by atoms with van der Waals surface area (Å²) in [4.78, 5) is 17.8. The monoisotopic (exact) mass is 414 g/mol. The smallest absolute Gasteiger partial charge is 0.273 e. The summed E-state index contributed by atoms with van der Waals surface area (Å²) in [6.07, 6.45) is 7.33. The molecule has 1 N–H and O–H groups in total. The Bertz CT molecular complexity index is 932. The van der Waals surface area contributed by atoms with Crippen molar-refractivity contribution in [3.8, 4) is 5.75 Å². The normalized spacial score (nSPS) is 12.6. The molecule has 0 bridgehead atoms. The standard InChI is InChI=1S/C21H26N4O3S/c1-21(2,3)19(12-25-10-9-22-14-25)23-20(26)16-11-15(28-24-16)13-27-17-7-5-6-8-18(17)29-4/h5-11,14,19H,12-13H2,1-4H3,(H,23,26)/t19-/m1/s1. The van der Waals surface area contributed by atoms with Crippen LogP contribution in [0, 0.1) is 5.41 Å². The van der Waals surface area contributed by atoms with Crippen LogP contribution in [0.15, 0.2) is 58.5 Å². The van der Waals surface area contributed by atoms with Gasteiger partial charge in [-0.25, -0.2) is 4.98 Å². The summed E-state index contributed by atoms with van der Waals surface area (Å²) in [5.41, 5.74) is 0.0959. The summed E-state index contributed by atoms with van der Waals surface area (Å²) in [6, 6.07) is 9.29. The lowest BCUT2D eigenvalue weighted by Crippen LogP contribution is -2.46. The highest BCUT2D eigenvalue weighted by Gasteiger charge is 2.28. The van der Waals surface area contributed by atoms with E-state index < -0.39 is 0 Å². The van der Waals surface area contributed by atoms with Gasteiger partial charge in [-0.15, -0.1) is 11.8 Å². The molecule has 0 aliphatic rings. The summed E-state index contributed by atoms with van der Waals surface area (Å²) in [6.45, 7) is 7.07. The fraction of sp³-hybridized carbons (Fsp3) is 0.381. The van der Waals surface area contributed by atoms with Crippen LogP contribution in [0.3, 0.4) is 0 Å². The van der Waals surface area contributed by atoms with E-state index in [2.05, 4.69) is 36.2 Å². The first kappa shape index (κ1) is 21.0. The maximum Gasteiger partial charge on any atom is 0.273 e. The molecule has 7 nitrogen and oxygen atoms in total. The van der Waals surface area contributed by atoms with Crippen LogP contribution in [0.25, 0.3) is 0 Å². The Morgan fingerprint density at radius 2 is 2.14 bits per heavy atom. The molecule has 3 aromatic rings. The van der Waals surface area contributed by atoms with E-state index in [1.807, 2.05) is 41.3 Å². The first-order valence-corrected chi connectivity index (χ1v) is 10.6. The van der Waals surface area contributed by atoms with Crippen LogP contribution >= 0.6 is 11.8 Å². The number of hydrogen-bond donors (Lipinski definition) is 1. The highest BCUT2D eigenvalue weighted by Crippen LogP contribution is 2.27. The second kappa shape index (κ2) is 9.17. The lowest BCUT2D eigenvalue weighted by Gasteiger charge is -2.31. The quantitative estimate of drug-likeness (QED) is 0.561. The van der Waals surface area contributed by atoms with Crippen molar-refractivity contribution >= 4 is 17.7 Å². The second-order valence-corrected chi connectivity index (χ2v) is 8.62. The molecule has 0 unspecified atom stereocenters. The summed E-state index contributed by atoms with van der Waals surface area (Å²) in [5, 5.41) is 6.97. The number of nitrogens with one attached hydrogen (secondary N) is 1. The van der Waals surface area contributed by atoms with Crippen LogP contribution < -0.4 is 10.1 Å². The van der Waals surface area contributed by atoms with Gasteiger partial charge in [0.2, 0.25) is 0 Å². The second-order valence-electron chi connectivity index (χ2n) is 7.77. The van der Waals surface area contributed by atoms with Crippen molar-refractivity contribution < 1.29 is 14.1 Å². The van der Waals surface area contributed by atoms with E-state index in [-0.39, 0.29) is 29.7 Å². The van der Waals surface area contributed by atoms with Crippen LogP contribution in [0.4, 0.5) is 0 Å². The van der Waals surface area contributed by atoms with Gasteiger partial charge in [0.15, 0.2) is 11.5 Å². The van der Waals surface area contributed by atoms with Crippen LogP contribution in [-0.2, 0) is 13.2 Å². The van der Waals surface area contributed by atoms with Crippen molar-refractivity contribution in [2.75, 3.05) is 6.26 Å². The van der Waals surface area contributed by atoms with E-state index in [1.165, 1.54) is 0 Å². The lowest BCUT2D eigenvalue weighted by atomic mass is 9.86. The number of thioether (sulfide) groups is 1. The van der Waals surface area contributed by atoms with E-state index >= 15 is 0 Å². The minimum Gasteiger partial charge on any atom is -0.484 e. The zero-order valence-corrected chi connectivity index (χ0v) is 17.9. The van der Waals surface area contributed by atoms with Gasteiger partial charge in [-0.2, -0.15) is 0 Å². The van der Waals surface area contributed by atoms with Crippen LogP contribution in [-0.4, -0.2) is 32.9 Å². The van der Waals surface area contributed by atoms with Gasteiger partial charge in [-0.3, -0.25) is 4.79 Å². The minimum atomic E-state index is -0.274. The number of hydrogen-bond acceptors (Lipinski definition) is 6. The van der Waals surface area contributed by atoms with Gasteiger partial charge in [0, 0.05) is 29.9 Å².